The SMILES string of the molecule is CCOC(=O)COCCNCC(O)C(N)=O. The number of carbonyl (C=O) groups is 2. The average Bonchev–Trinajstić information content (AvgIpc) is 2.23. The Morgan fingerprint density at radius 3 is 2.75 bits per heavy atom. The van der Waals surface area contributed by atoms with Gasteiger partial charge < -0.3 is 25.6 Å². The lowest BCUT2D eigenvalue weighted by atomic mass is 10.3. The fourth-order valence-corrected chi connectivity index (χ4v) is 0.842. The number of aliphatic hydroxyl groups is 1. The van der Waals surface area contributed by atoms with E-state index in [9.17, 15) is 9.59 Å². The first-order chi connectivity index (χ1) is 7.57. The van der Waals surface area contributed by atoms with Gasteiger partial charge in [-0.05, 0) is 6.92 Å². The van der Waals surface area contributed by atoms with Gasteiger partial charge in [-0.25, -0.2) is 4.79 Å². The summed E-state index contributed by atoms with van der Waals surface area (Å²) in [5.74, 6) is -1.19. The van der Waals surface area contributed by atoms with Gasteiger partial charge in [-0.2, -0.15) is 0 Å². The van der Waals surface area contributed by atoms with Gasteiger partial charge in [0.1, 0.15) is 12.7 Å². The van der Waals surface area contributed by atoms with E-state index in [1.807, 2.05) is 0 Å². The van der Waals surface area contributed by atoms with Crippen LogP contribution in [0.15, 0.2) is 0 Å². The molecule has 0 rings (SSSR count). The Balaban J connectivity index is 3.27. The van der Waals surface area contributed by atoms with Crippen LogP contribution in [0, 0.1) is 0 Å². The molecular weight excluding hydrogens is 216 g/mol. The van der Waals surface area contributed by atoms with Crippen molar-refractivity contribution in [1.29, 1.82) is 0 Å². The van der Waals surface area contributed by atoms with Crippen molar-refractivity contribution in [2.75, 3.05) is 32.9 Å². The number of aliphatic hydroxyl groups excluding tert-OH is 1. The maximum absolute atomic E-state index is 10.8. The maximum atomic E-state index is 10.8. The zero-order chi connectivity index (χ0) is 12.4. The second-order valence-electron chi connectivity index (χ2n) is 2.98. The highest BCUT2D eigenvalue weighted by Gasteiger charge is 2.09. The summed E-state index contributed by atoms with van der Waals surface area (Å²) in [6.07, 6.45) is -1.20. The van der Waals surface area contributed by atoms with E-state index < -0.39 is 18.0 Å². The number of primary amides is 1. The molecular formula is C9H18N2O5. The Kier molecular flexibility index (Phi) is 8.41. The number of ether oxygens (including phenoxy) is 2. The normalized spacial score (nSPS) is 12.1. The Morgan fingerprint density at radius 2 is 2.19 bits per heavy atom. The lowest BCUT2D eigenvalue weighted by molar-refractivity contribution is -0.148. The first kappa shape index (κ1) is 14.8. The molecule has 0 saturated carbocycles. The smallest absolute Gasteiger partial charge is 0.332 e. The van der Waals surface area contributed by atoms with E-state index >= 15 is 0 Å². The lowest BCUT2D eigenvalue weighted by Gasteiger charge is -2.08. The molecule has 0 fully saturated rings. The molecule has 7 nitrogen and oxygen atoms in total. The van der Waals surface area contributed by atoms with Gasteiger partial charge in [-0.15, -0.1) is 0 Å². The quantitative estimate of drug-likeness (QED) is 0.314. The number of amides is 1. The highest BCUT2D eigenvalue weighted by molar-refractivity contribution is 5.78. The van der Waals surface area contributed by atoms with Crippen molar-refractivity contribution in [2.24, 2.45) is 5.73 Å². The van der Waals surface area contributed by atoms with Crippen LogP contribution in [0.2, 0.25) is 0 Å². The van der Waals surface area contributed by atoms with E-state index in [-0.39, 0.29) is 19.8 Å². The Labute approximate surface area is 93.9 Å². The molecule has 0 saturated heterocycles. The van der Waals surface area contributed by atoms with Crippen molar-refractivity contribution >= 4 is 11.9 Å². The van der Waals surface area contributed by atoms with Crippen molar-refractivity contribution < 1.29 is 24.2 Å². The summed E-state index contributed by atoms with van der Waals surface area (Å²) < 4.78 is 9.59. The van der Waals surface area contributed by atoms with E-state index in [4.69, 9.17) is 15.6 Å². The second kappa shape index (κ2) is 9.08. The first-order valence-corrected chi connectivity index (χ1v) is 4.99. The van der Waals surface area contributed by atoms with E-state index in [0.29, 0.717) is 13.2 Å². The molecule has 16 heavy (non-hydrogen) atoms. The van der Waals surface area contributed by atoms with Crippen LogP contribution >= 0.6 is 0 Å². The zero-order valence-electron chi connectivity index (χ0n) is 9.27. The van der Waals surface area contributed by atoms with Crippen LogP contribution in [0.4, 0.5) is 0 Å². The molecule has 1 amide bonds. The van der Waals surface area contributed by atoms with Gasteiger partial charge in [-0.3, -0.25) is 4.79 Å². The first-order valence-electron chi connectivity index (χ1n) is 4.99. The minimum Gasteiger partial charge on any atom is -0.464 e. The van der Waals surface area contributed by atoms with Gasteiger partial charge in [-0.1, -0.05) is 0 Å². The van der Waals surface area contributed by atoms with Crippen LogP contribution in [0.5, 0.6) is 0 Å². The second-order valence-corrected chi connectivity index (χ2v) is 2.98. The zero-order valence-corrected chi connectivity index (χ0v) is 9.27. The van der Waals surface area contributed by atoms with Crippen LogP contribution in [-0.4, -0.2) is 56.0 Å². The molecule has 0 radical (unpaired) electrons. The van der Waals surface area contributed by atoms with Crippen molar-refractivity contribution in [2.45, 2.75) is 13.0 Å². The molecule has 0 aliphatic carbocycles. The van der Waals surface area contributed by atoms with Crippen molar-refractivity contribution in [1.82, 2.24) is 5.32 Å². The standard InChI is InChI=1S/C9H18N2O5/c1-2-16-8(13)6-15-4-3-11-5-7(12)9(10)14/h7,11-12H,2-6H2,1H3,(H2,10,14). The lowest BCUT2D eigenvalue weighted by Crippen LogP contribution is -2.38. The molecule has 94 valence electrons. The predicted molar refractivity (Wildman–Crippen MR) is 55.5 cm³/mol. The number of carbonyl (C=O) groups excluding carboxylic acids is 2. The maximum Gasteiger partial charge on any atom is 0.332 e. The summed E-state index contributed by atoms with van der Waals surface area (Å²) in [6.45, 7) is 2.69. The topological polar surface area (TPSA) is 111 Å². The monoisotopic (exact) mass is 234 g/mol. The van der Waals surface area contributed by atoms with E-state index in [1.54, 1.807) is 6.92 Å². The minimum atomic E-state index is -1.20. The van der Waals surface area contributed by atoms with E-state index in [1.165, 1.54) is 0 Å². The van der Waals surface area contributed by atoms with Crippen LogP contribution in [0.25, 0.3) is 0 Å². The summed E-state index contributed by atoms with van der Waals surface area (Å²) >= 11 is 0. The van der Waals surface area contributed by atoms with Gasteiger partial charge >= 0.3 is 5.97 Å². The van der Waals surface area contributed by atoms with Crippen molar-refractivity contribution in [3.63, 3.8) is 0 Å². The molecule has 0 heterocycles. The molecule has 0 aromatic rings. The number of hydrogen-bond acceptors (Lipinski definition) is 6. The number of nitrogens with one attached hydrogen (secondary N) is 1. The molecule has 7 heteroatoms. The molecule has 0 spiro atoms. The third-order valence-corrected chi connectivity index (χ3v) is 1.61. The Hall–Kier alpha value is -1.18. The van der Waals surface area contributed by atoms with Gasteiger partial charge in [0.05, 0.1) is 13.2 Å². The van der Waals surface area contributed by atoms with Gasteiger partial charge in [0.25, 0.3) is 0 Å². The molecule has 0 aromatic heterocycles. The molecule has 1 atom stereocenters. The number of rotatable bonds is 9. The number of nitrogens with two attached hydrogens (primary N) is 1. The van der Waals surface area contributed by atoms with Crippen LogP contribution in [0.1, 0.15) is 6.92 Å². The van der Waals surface area contributed by atoms with Crippen molar-refractivity contribution in [3.05, 3.63) is 0 Å². The summed E-state index contributed by atoms with van der Waals surface area (Å²) in [6, 6.07) is 0. The molecule has 1 unspecified atom stereocenters. The molecule has 0 bridgehead atoms. The fourth-order valence-electron chi connectivity index (χ4n) is 0.842. The highest BCUT2D eigenvalue weighted by atomic mass is 16.6. The molecule has 0 aliphatic heterocycles. The van der Waals surface area contributed by atoms with E-state index in [2.05, 4.69) is 10.1 Å². The number of esters is 1. The summed E-state index contributed by atoms with van der Waals surface area (Å²) in [5, 5.41) is 11.7. The summed E-state index contributed by atoms with van der Waals surface area (Å²) in [4.78, 5) is 21.2. The minimum absolute atomic E-state index is 0.0676. The molecule has 0 aromatic carbocycles. The third kappa shape index (κ3) is 8.16. The van der Waals surface area contributed by atoms with Gasteiger partial charge in [0.15, 0.2) is 0 Å². The third-order valence-electron chi connectivity index (χ3n) is 1.61. The summed E-state index contributed by atoms with van der Waals surface area (Å²) in [5.41, 5.74) is 4.83. The molecule has 0 aliphatic rings. The fraction of sp³-hybridized carbons (Fsp3) is 0.778. The number of hydrogen-bond donors (Lipinski definition) is 3. The predicted octanol–water partition coefficient (Wildman–Crippen LogP) is -2.00. The summed E-state index contributed by atoms with van der Waals surface area (Å²) in [7, 11) is 0. The average molecular weight is 234 g/mol. The van der Waals surface area contributed by atoms with Gasteiger partial charge in [0.2, 0.25) is 5.91 Å². The highest BCUT2D eigenvalue weighted by Crippen LogP contribution is 1.81. The van der Waals surface area contributed by atoms with Gasteiger partial charge in [0, 0.05) is 13.1 Å². The molecule has 4 N–H and O–H groups in total. The van der Waals surface area contributed by atoms with Crippen LogP contribution in [-0.2, 0) is 19.1 Å². The van der Waals surface area contributed by atoms with Crippen molar-refractivity contribution in [3.8, 4) is 0 Å². The Bertz CT molecular complexity index is 222. The Morgan fingerprint density at radius 1 is 1.50 bits per heavy atom. The van der Waals surface area contributed by atoms with Crippen LogP contribution in [0.3, 0.4) is 0 Å². The largest absolute Gasteiger partial charge is 0.464 e. The van der Waals surface area contributed by atoms with Crippen LogP contribution < -0.4 is 11.1 Å². The van der Waals surface area contributed by atoms with E-state index in [0.717, 1.165) is 0 Å².